The van der Waals surface area contributed by atoms with E-state index in [1.54, 1.807) is 0 Å². The highest BCUT2D eigenvalue weighted by Crippen LogP contribution is 2.12. The molecule has 0 heterocycles. The summed E-state index contributed by atoms with van der Waals surface area (Å²) in [6.07, 6.45) is 64.0. The third kappa shape index (κ3) is 47.2. The second-order valence-corrected chi connectivity index (χ2v) is 16.0. The highest BCUT2D eigenvalue weighted by atomic mass is 16.6. The number of allylic oxidation sites excluding steroid dienone is 16. The normalized spacial score (nSPS) is 12.9. The van der Waals surface area contributed by atoms with Gasteiger partial charge in [0.15, 0.2) is 6.10 Å². The lowest BCUT2D eigenvalue weighted by Crippen LogP contribution is -2.30. The first-order valence-corrected chi connectivity index (χ1v) is 24.7. The first-order valence-electron chi connectivity index (χ1n) is 24.7. The average molecular weight is 847 g/mol. The van der Waals surface area contributed by atoms with Crippen LogP contribution in [-0.4, -0.2) is 37.2 Å². The summed E-state index contributed by atoms with van der Waals surface area (Å²) in [4.78, 5) is 37.8. The maximum Gasteiger partial charge on any atom is 0.306 e. The van der Waals surface area contributed by atoms with Gasteiger partial charge in [-0.1, -0.05) is 182 Å². The van der Waals surface area contributed by atoms with Crippen molar-refractivity contribution in [3.8, 4) is 0 Å². The monoisotopic (exact) mass is 847 g/mol. The highest BCUT2D eigenvalue weighted by molar-refractivity contribution is 5.71. The van der Waals surface area contributed by atoms with Crippen molar-refractivity contribution in [1.29, 1.82) is 0 Å². The number of ether oxygens (including phenoxy) is 3. The van der Waals surface area contributed by atoms with Crippen LogP contribution in [0.4, 0.5) is 0 Å². The van der Waals surface area contributed by atoms with Gasteiger partial charge in [0.05, 0.1) is 0 Å². The topological polar surface area (TPSA) is 78.9 Å². The number of esters is 3. The Morgan fingerprint density at radius 3 is 1.16 bits per heavy atom. The molecule has 346 valence electrons. The van der Waals surface area contributed by atoms with E-state index in [9.17, 15) is 14.4 Å². The summed E-state index contributed by atoms with van der Waals surface area (Å²) < 4.78 is 16.7. The third-order valence-corrected chi connectivity index (χ3v) is 10.0. The van der Waals surface area contributed by atoms with Crippen LogP contribution in [-0.2, 0) is 28.6 Å². The van der Waals surface area contributed by atoms with Crippen LogP contribution in [0.15, 0.2) is 97.2 Å². The van der Waals surface area contributed by atoms with Crippen LogP contribution in [0.3, 0.4) is 0 Å². The molecule has 0 aliphatic rings. The second kappa shape index (κ2) is 49.0. The minimum Gasteiger partial charge on any atom is -0.462 e. The summed E-state index contributed by atoms with van der Waals surface area (Å²) in [5, 5.41) is 0. The van der Waals surface area contributed by atoms with E-state index in [2.05, 4.69) is 118 Å². The first kappa shape index (κ1) is 57.3. The summed E-state index contributed by atoms with van der Waals surface area (Å²) in [5.74, 6) is -1.03. The fraction of sp³-hybridized carbons (Fsp3) is 0.655. The Hall–Kier alpha value is -3.67. The maximum atomic E-state index is 12.7. The lowest BCUT2D eigenvalue weighted by molar-refractivity contribution is -0.167. The molecule has 0 aliphatic carbocycles. The van der Waals surface area contributed by atoms with Crippen LogP contribution in [0.5, 0.6) is 0 Å². The second-order valence-electron chi connectivity index (χ2n) is 16.0. The molecule has 0 aromatic carbocycles. The van der Waals surface area contributed by atoms with Crippen LogP contribution in [0.2, 0.25) is 0 Å². The molecule has 0 aliphatic heterocycles. The predicted molar refractivity (Wildman–Crippen MR) is 260 cm³/mol. The number of unbranched alkanes of at least 4 members (excludes halogenated alkanes) is 16. The molecule has 6 heteroatoms. The van der Waals surface area contributed by atoms with Gasteiger partial charge < -0.3 is 14.2 Å². The zero-order valence-electron chi connectivity index (χ0n) is 39.4. The van der Waals surface area contributed by atoms with E-state index in [1.807, 2.05) is 0 Å². The van der Waals surface area contributed by atoms with E-state index in [1.165, 1.54) is 70.6 Å². The van der Waals surface area contributed by atoms with Crippen molar-refractivity contribution in [3.05, 3.63) is 97.2 Å². The van der Waals surface area contributed by atoms with Crippen LogP contribution >= 0.6 is 0 Å². The Balaban J connectivity index is 4.52. The fourth-order valence-electron chi connectivity index (χ4n) is 6.31. The fourth-order valence-corrected chi connectivity index (χ4v) is 6.31. The minimum atomic E-state index is -0.818. The molecule has 0 amide bonds. The molecule has 61 heavy (non-hydrogen) atoms. The molecular weight excluding hydrogens is 757 g/mol. The number of carbonyl (C=O) groups is 3. The summed E-state index contributed by atoms with van der Waals surface area (Å²) in [5.41, 5.74) is 0. The molecule has 0 fully saturated rings. The van der Waals surface area contributed by atoms with Crippen molar-refractivity contribution < 1.29 is 28.6 Å². The van der Waals surface area contributed by atoms with Gasteiger partial charge in [-0.05, 0) is 109 Å². The van der Waals surface area contributed by atoms with Crippen LogP contribution in [0.1, 0.15) is 213 Å². The summed E-state index contributed by atoms with van der Waals surface area (Å²) in [6, 6.07) is 0. The Morgan fingerprint density at radius 2 is 0.672 bits per heavy atom. The quantitative estimate of drug-likeness (QED) is 0.0263. The number of carbonyl (C=O) groups excluding carboxylic acids is 3. The molecule has 6 nitrogen and oxygen atoms in total. The van der Waals surface area contributed by atoms with Crippen molar-refractivity contribution in [3.63, 3.8) is 0 Å². The zero-order valence-corrected chi connectivity index (χ0v) is 39.4. The van der Waals surface area contributed by atoms with Gasteiger partial charge in [0.2, 0.25) is 0 Å². The summed E-state index contributed by atoms with van der Waals surface area (Å²) >= 11 is 0. The van der Waals surface area contributed by atoms with Gasteiger partial charge in [-0.25, -0.2) is 0 Å². The molecule has 0 saturated carbocycles. The molecule has 0 bridgehead atoms. The summed E-state index contributed by atoms with van der Waals surface area (Å²) in [7, 11) is 0. The van der Waals surface area contributed by atoms with Gasteiger partial charge in [0, 0.05) is 19.3 Å². The average Bonchev–Trinajstić information content (AvgIpc) is 3.26. The molecule has 0 rings (SSSR count). The predicted octanol–water partition coefficient (Wildman–Crippen LogP) is 16.2. The molecule has 0 unspecified atom stereocenters. The van der Waals surface area contributed by atoms with E-state index in [4.69, 9.17) is 14.2 Å². The van der Waals surface area contributed by atoms with Gasteiger partial charge in [-0.2, -0.15) is 0 Å². The van der Waals surface area contributed by atoms with Crippen LogP contribution in [0, 0.1) is 0 Å². The molecule has 0 saturated heterocycles. The van der Waals surface area contributed by atoms with Crippen molar-refractivity contribution in [1.82, 2.24) is 0 Å². The standard InChI is InChI=1S/C55H90O6/c1-4-7-10-13-16-19-22-24-26-27-29-31-34-36-39-42-45-48-54(57)60-51-52(61-55(58)49-46-43-40-37-32-21-18-15-12-9-6-3)50-59-53(56)47-44-41-38-35-33-30-28-25-23-20-17-14-11-8-5-2/h8,11,15,17-18,20,24-26,28-29,31,33,35-36,39,52H,4-7,9-10,12-14,16,19,21-23,27,30,32,34,37-38,40-51H2,1-3H3/b11-8-,18-15-,20-17-,26-24-,28-25-,31-29-,35-33-,39-36-/t52-/m1/s1. The smallest absolute Gasteiger partial charge is 0.306 e. The molecule has 0 radical (unpaired) electrons. The minimum absolute atomic E-state index is 0.119. The molecule has 0 N–H and O–H groups in total. The molecule has 1 atom stereocenters. The van der Waals surface area contributed by atoms with E-state index in [-0.39, 0.29) is 37.5 Å². The van der Waals surface area contributed by atoms with E-state index < -0.39 is 6.10 Å². The Kier molecular flexibility index (Phi) is 46.0. The van der Waals surface area contributed by atoms with Crippen LogP contribution in [0.25, 0.3) is 0 Å². The lowest BCUT2D eigenvalue weighted by Gasteiger charge is -2.18. The third-order valence-electron chi connectivity index (χ3n) is 10.0. The molecule has 0 aromatic heterocycles. The number of hydrogen-bond acceptors (Lipinski definition) is 6. The van der Waals surface area contributed by atoms with Gasteiger partial charge in [0.1, 0.15) is 13.2 Å². The van der Waals surface area contributed by atoms with Gasteiger partial charge in [-0.15, -0.1) is 0 Å². The van der Waals surface area contributed by atoms with Crippen LogP contribution < -0.4 is 0 Å². The zero-order chi connectivity index (χ0) is 44.4. The van der Waals surface area contributed by atoms with Gasteiger partial charge in [-0.3, -0.25) is 14.4 Å². The van der Waals surface area contributed by atoms with Crippen molar-refractivity contribution in [2.45, 2.75) is 219 Å². The van der Waals surface area contributed by atoms with Crippen molar-refractivity contribution >= 4 is 17.9 Å². The SMILES string of the molecule is CC/C=C\C/C=C\C/C=C\C/C=C\CCCCC(=O)OC[C@H](COC(=O)CCC/C=C\C/C=C\C/C=C\CCCCCCCC)OC(=O)CCCCCCC/C=C\CCCC. The molecular formula is C55H90O6. The van der Waals surface area contributed by atoms with E-state index in [0.29, 0.717) is 25.7 Å². The summed E-state index contributed by atoms with van der Waals surface area (Å²) in [6.45, 7) is 6.37. The van der Waals surface area contributed by atoms with Crippen molar-refractivity contribution in [2.24, 2.45) is 0 Å². The molecule has 0 spiro atoms. The molecule has 0 aromatic rings. The Bertz CT molecular complexity index is 1250. The first-order chi connectivity index (χ1) is 30.0. The largest absolute Gasteiger partial charge is 0.462 e. The highest BCUT2D eigenvalue weighted by Gasteiger charge is 2.19. The Morgan fingerprint density at radius 1 is 0.344 bits per heavy atom. The van der Waals surface area contributed by atoms with Gasteiger partial charge >= 0.3 is 17.9 Å². The van der Waals surface area contributed by atoms with E-state index >= 15 is 0 Å². The lowest BCUT2D eigenvalue weighted by atomic mass is 10.1. The van der Waals surface area contributed by atoms with Crippen molar-refractivity contribution in [2.75, 3.05) is 13.2 Å². The number of rotatable bonds is 43. The van der Waals surface area contributed by atoms with E-state index in [0.717, 1.165) is 89.9 Å². The van der Waals surface area contributed by atoms with Gasteiger partial charge in [0.25, 0.3) is 0 Å². The maximum absolute atomic E-state index is 12.7. The number of hydrogen-bond donors (Lipinski definition) is 0. The Labute approximate surface area is 375 Å².